The third-order valence-corrected chi connectivity index (χ3v) is 9.94. The van der Waals surface area contributed by atoms with Crippen LogP contribution in [0, 0.1) is 46.3 Å². The van der Waals surface area contributed by atoms with Crippen LogP contribution in [-0.2, 0) is 0 Å². The molecule has 0 radical (unpaired) electrons. The van der Waals surface area contributed by atoms with Crippen LogP contribution < -0.4 is 0 Å². The summed E-state index contributed by atoms with van der Waals surface area (Å²) < 4.78 is 46.7. The third-order valence-electron chi connectivity index (χ3n) is 9.94. The molecule has 4 aliphatic carbocycles. The summed E-state index contributed by atoms with van der Waals surface area (Å²) in [6.07, 6.45) is 13.1. The smallest absolute Gasteiger partial charge is 0.0577 e. The normalized spacial score (nSPS) is 52.3. The molecule has 28 heavy (non-hydrogen) atoms. The van der Waals surface area contributed by atoms with Crippen LogP contribution in [0.1, 0.15) is 113 Å². The highest BCUT2D eigenvalue weighted by molar-refractivity contribution is 5.25. The van der Waals surface area contributed by atoms with E-state index >= 15 is 0 Å². The lowest BCUT2D eigenvalue weighted by molar-refractivity contribution is -0.0573. The highest BCUT2D eigenvalue weighted by atomic mass is 16.3. The Morgan fingerprint density at radius 2 is 2.04 bits per heavy atom. The number of hydrogen-bond donors (Lipinski definition) is 1. The Morgan fingerprint density at radius 1 is 1.18 bits per heavy atom. The Morgan fingerprint density at radius 3 is 2.82 bits per heavy atom. The second kappa shape index (κ2) is 7.75. The molecule has 1 N–H and O–H groups in total. The molecule has 0 aromatic heterocycles. The molecular weight excluding hydrogens is 340 g/mol. The Balaban J connectivity index is 1.43. The summed E-state index contributed by atoms with van der Waals surface area (Å²) in [5.74, 6) is 1.31. The van der Waals surface area contributed by atoms with Gasteiger partial charge in [0.05, 0.1) is 6.10 Å². The van der Waals surface area contributed by atoms with E-state index in [1.54, 1.807) is 0 Å². The molecule has 0 spiro atoms. The minimum Gasteiger partial charge on any atom is -0.393 e. The summed E-state index contributed by atoms with van der Waals surface area (Å²) in [7, 11) is 0. The Bertz CT molecular complexity index is 780. The quantitative estimate of drug-likeness (QED) is 0.484. The molecule has 1 unspecified atom stereocenters. The van der Waals surface area contributed by atoms with Crippen LogP contribution in [-0.4, -0.2) is 11.2 Å². The summed E-state index contributed by atoms with van der Waals surface area (Å²) in [6.45, 7) is 3.06. The molecule has 9 atom stereocenters. The van der Waals surface area contributed by atoms with Crippen LogP contribution in [0.5, 0.6) is 0 Å². The fraction of sp³-hybridized carbons (Fsp3) is 0.926. The minimum atomic E-state index is -2.59. The van der Waals surface area contributed by atoms with Crippen LogP contribution in [0.15, 0.2) is 11.6 Å². The van der Waals surface area contributed by atoms with Gasteiger partial charge in [-0.3, -0.25) is 0 Å². The van der Waals surface area contributed by atoms with Crippen molar-refractivity contribution in [2.45, 2.75) is 111 Å². The predicted octanol–water partition coefficient (Wildman–Crippen LogP) is 7.39. The maximum Gasteiger partial charge on any atom is 0.0577 e. The third kappa shape index (κ3) is 3.42. The summed E-state index contributed by atoms with van der Waals surface area (Å²) in [6, 6.07) is 0. The SMILES string of the molecule is [2H]C([2H])C([2H])(CCC[C@@H](C)[C@H]1CC[C@H]2[C@@H]3CC=C4C[C@@H](O)CC[C@]4(C)[C@H]3CC[C@]12C)C([2H])([2H])[2H]. The van der Waals surface area contributed by atoms with E-state index in [1.807, 2.05) is 0 Å². The molecule has 0 amide bonds. The number of aliphatic hydroxyl groups is 1. The highest BCUT2D eigenvalue weighted by Gasteiger charge is 2.59. The molecule has 0 saturated heterocycles. The molecule has 1 heteroatoms. The van der Waals surface area contributed by atoms with E-state index in [4.69, 9.17) is 8.22 Å². The van der Waals surface area contributed by atoms with Gasteiger partial charge in [0, 0.05) is 8.22 Å². The first-order valence-electron chi connectivity index (χ1n) is 15.1. The number of hydrogen-bond acceptors (Lipinski definition) is 1. The molecule has 3 saturated carbocycles. The van der Waals surface area contributed by atoms with Gasteiger partial charge < -0.3 is 5.11 Å². The van der Waals surface area contributed by atoms with Crippen molar-refractivity contribution >= 4 is 0 Å². The van der Waals surface area contributed by atoms with Crippen molar-refractivity contribution in [1.82, 2.24) is 0 Å². The van der Waals surface area contributed by atoms with Crippen molar-refractivity contribution in [3.05, 3.63) is 11.6 Å². The van der Waals surface area contributed by atoms with Gasteiger partial charge in [-0.05, 0) is 97.7 Å². The number of allylic oxidation sites excluding steroid dienone is 1. The second-order valence-corrected chi connectivity index (χ2v) is 11.3. The van der Waals surface area contributed by atoms with Gasteiger partial charge in [-0.1, -0.05) is 65.4 Å². The van der Waals surface area contributed by atoms with E-state index < -0.39 is 19.6 Å². The van der Waals surface area contributed by atoms with Gasteiger partial charge in [0.25, 0.3) is 0 Å². The molecule has 4 aliphatic rings. The van der Waals surface area contributed by atoms with Crippen LogP contribution in [0.3, 0.4) is 0 Å². The highest BCUT2D eigenvalue weighted by Crippen LogP contribution is 2.67. The van der Waals surface area contributed by atoms with E-state index in [2.05, 4.69) is 26.8 Å². The van der Waals surface area contributed by atoms with Crippen molar-refractivity contribution < 1.29 is 13.3 Å². The van der Waals surface area contributed by atoms with Crippen LogP contribution >= 0.6 is 0 Å². The maximum atomic E-state index is 10.2. The van der Waals surface area contributed by atoms with Crippen molar-refractivity contribution in [2.75, 3.05) is 0 Å². The average Bonchev–Trinajstić information content (AvgIpc) is 3.10. The first-order chi connectivity index (χ1) is 15.7. The molecule has 3 fully saturated rings. The van der Waals surface area contributed by atoms with E-state index in [0.717, 1.165) is 49.9 Å². The largest absolute Gasteiger partial charge is 0.393 e. The first kappa shape index (κ1) is 14.7. The van der Waals surface area contributed by atoms with Crippen molar-refractivity contribution in [3.63, 3.8) is 0 Å². The van der Waals surface area contributed by atoms with Crippen LogP contribution in [0.25, 0.3) is 0 Å². The summed E-state index contributed by atoms with van der Waals surface area (Å²) in [4.78, 5) is 0. The molecule has 1 nitrogen and oxygen atoms in total. The Hall–Kier alpha value is -0.300. The molecule has 4 rings (SSSR count). The Labute approximate surface area is 183 Å². The van der Waals surface area contributed by atoms with Gasteiger partial charge >= 0.3 is 0 Å². The van der Waals surface area contributed by atoms with Crippen molar-refractivity contribution in [3.8, 4) is 0 Å². The van der Waals surface area contributed by atoms with Gasteiger partial charge in [-0.2, -0.15) is 0 Å². The van der Waals surface area contributed by atoms with Gasteiger partial charge in [-0.15, -0.1) is 0 Å². The maximum absolute atomic E-state index is 10.2. The van der Waals surface area contributed by atoms with Crippen molar-refractivity contribution in [1.29, 1.82) is 0 Å². The summed E-state index contributed by atoms with van der Waals surface area (Å²) in [5, 5.41) is 10.2. The van der Waals surface area contributed by atoms with Gasteiger partial charge in [0.2, 0.25) is 0 Å². The lowest BCUT2D eigenvalue weighted by Crippen LogP contribution is -2.50. The minimum absolute atomic E-state index is 0.0981. The van der Waals surface area contributed by atoms with Gasteiger partial charge in [-0.25, -0.2) is 0 Å². The zero-order valence-corrected chi connectivity index (χ0v) is 18.3. The topological polar surface area (TPSA) is 20.2 Å². The Kier molecular flexibility index (Phi) is 4.06. The van der Waals surface area contributed by atoms with E-state index in [1.165, 1.54) is 31.3 Å². The fourth-order valence-corrected chi connectivity index (χ4v) is 8.43. The predicted molar refractivity (Wildman–Crippen MR) is 119 cm³/mol. The van der Waals surface area contributed by atoms with E-state index in [9.17, 15) is 5.11 Å². The zero-order chi connectivity index (χ0) is 25.1. The molecule has 0 heterocycles. The summed E-state index contributed by atoms with van der Waals surface area (Å²) >= 11 is 0. The van der Waals surface area contributed by atoms with E-state index in [0.29, 0.717) is 23.7 Å². The standard InChI is InChI=1S/C27H46O/c1-18(2)7-6-8-19(3)23-11-12-24-22-10-9-20-17-21(28)13-15-26(20,4)25(22)14-16-27(23,24)5/h9,18-19,21-25,28H,6-8,10-17H2,1-5H3/t19-,21+,22+,23-,24+,25+,26+,27-/m1/s1/i1D2,2D3,18D/t18?,19-,21+,22+,23-,24+,25+,26+,27-. The first-order valence-corrected chi connectivity index (χ1v) is 12.0. The molecule has 0 aromatic rings. The monoisotopic (exact) mass is 392 g/mol. The number of aliphatic hydroxyl groups excluding tert-OH is 1. The molecule has 0 aromatic carbocycles. The second-order valence-electron chi connectivity index (χ2n) is 11.3. The van der Waals surface area contributed by atoms with Crippen molar-refractivity contribution in [2.24, 2.45) is 46.3 Å². The average molecular weight is 393 g/mol. The molecule has 0 bridgehead atoms. The molecular formula is C27H46O. The zero-order valence-electron chi connectivity index (χ0n) is 24.3. The van der Waals surface area contributed by atoms with Crippen LogP contribution in [0.2, 0.25) is 0 Å². The van der Waals surface area contributed by atoms with E-state index in [-0.39, 0.29) is 17.9 Å². The van der Waals surface area contributed by atoms with Crippen LogP contribution in [0.4, 0.5) is 0 Å². The number of rotatable bonds is 5. The van der Waals surface area contributed by atoms with Gasteiger partial charge in [0.1, 0.15) is 0 Å². The lowest BCUT2D eigenvalue weighted by atomic mass is 9.47. The number of fused-ring (bicyclic) bond motifs is 5. The molecule has 160 valence electrons. The fourth-order valence-electron chi connectivity index (χ4n) is 8.43. The lowest BCUT2D eigenvalue weighted by Gasteiger charge is -2.58. The summed E-state index contributed by atoms with van der Waals surface area (Å²) in [5.41, 5.74) is 2.11. The van der Waals surface area contributed by atoms with Gasteiger partial charge in [0.15, 0.2) is 0 Å². The molecule has 0 aliphatic heterocycles.